The van der Waals surface area contributed by atoms with Gasteiger partial charge < -0.3 is 16.6 Å². The monoisotopic (exact) mass is 172 g/mol. The van der Waals surface area contributed by atoms with E-state index in [1.54, 1.807) is 0 Å². The molecule has 1 atom stereocenters. The molecule has 0 fully saturated rings. The number of hydrogen-bond donors (Lipinski definition) is 3. The van der Waals surface area contributed by atoms with Crippen LogP contribution in [0.5, 0.6) is 0 Å². The summed E-state index contributed by atoms with van der Waals surface area (Å²) in [5.41, 5.74) is 10.4. The van der Waals surface area contributed by atoms with Gasteiger partial charge >= 0.3 is 5.97 Å². The Bertz CT molecular complexity index is 134. The van der Waals surface area contributed by atoms with E-state index in [1.165, 1.54) is 0 Å². The van der Waals surface area contributed by atoms with Crippen molar-refractivity contribution in [2.24, 2.45) is 11.5 Å². The van der Waals surface area contributed by atoms with Crippen LogP contribution in [0.1, 0.15) is 19.3 Å². The molecular weight excluding hydrogens is 156 g/mol. The summed E-state index contributed by atoms with van der Waals surface area (Å²) in [6.45, 7) is 0.604. The number of aliphatic carboxylic acids is 1. The van der Waals surface area contributed by atoms with Crippen molar-refractivity contribution in [2.45, 2.75) is 25.3 Å². The van der Waals surface area contributed by atoms with Crippen molar-refractivity contribution in [3.8, 4) is 12.8 Å². The van der Waals surface area contributed by atoms with E-state index in [4.69, 9.17) is 16.6 Å². The molecule has 0 aliphatic heterocycles. The van der Waals surface area contributed by atoms with Gasteiger partial charge in [0.1, 0.15) is 6.04 Å². The van der Waals surface area contributed by atoms with Gasteiger partial charge in [-0.3, -0.25) is 4.79 Å². The SMILES string of the molecule is C#C.NCCCCC(N)C(=O)O. The second-order valence-corrected chi connectivity index (χ2v) is 2.23. The van der Waals surface area contributed by atoms with Gasteiger partial charge in [0, 0.05) is 0 Å². The normalized spacial score (nSPS) is 11.0. The lowest BCUT2D eigenvalue weighted by molar-refractivity contribution is -0.138. The van der Waals surface area contributed by atoms with Crippen molar-refractivity contribution < 1.29 is 9.90 Å². The molecule has 12 heavy (non-hydrogen) atoms. The summed E-state index contributed by atoms with van der Waals surface area (Å²) in [5, 5.41) is 8.33. The lowest BCUT2D eigenvalue weighted by atomic mass is 10.1. The summed E-state index contributed by atoms with van der Waals surface area (Å²) in [5.74, 6) is -0.933. The van der Waals surface area contributed by atoms with E-state index < -0.39 is 12.0 Å². The Morgan fingerprint density at radius 1 is 1.42 bits per heavy atom. The molecule has 5 N–H and O–H groups in total. The largest absolute Gasteiger partial charge is 0.480 e. The molecule has 0 aromatic heterocycles. The molecule has 0 heterocycles. The van der Waals surface area contributed by atoms with Gasteiger partial charge in [-0.15, -0.1) is 12.8 Å². The number of hydrogen-bond acceptors (Lipinski definition) is 3. The molecule has 1 unspecified atom stereocenters. The molecule has 0 rings (SSSR count). The standard InChI is InChI=1S/C6H14N2O2.C2H2/c7-4-2-1-3-5(8)6(9)10;1-2/h5H,1-4,7-8H2,(H,9,10);1-2H. The maximum Gasteiger partial charge on any atom is 0.320 e. The molecule has 0 radical (unpaired) electrons. The summed E-state index contributed by atoms with van der Waals surface area (Å²) < 4.78 is 0. The van der Waals surface area contributed by atoms with Crippen molar-refractivity contribution in [1.29, 1.82) is 0 Å². The third-order valence-corrected chi connectivity index (χ3v) is 1.29. The number of terminal acetylenes is 1. The molecule has 0 saturated carbocycles. The van der Waals surface area contributed by atoms with Crippen LogP contribution in [0.2, 0.25) is 0 Å². The van der Waals surface area contributed by atoms with Crippen LogP contribution in [0.3, 0.4) is 0 Å². The van der Waals surface area contributed by atoms with Gasteiger partial charge in [-0.25, -0.2) is 0 Å². The predicted octanol–water partition coefficient (Wildman–Crippen LogP) is -0.223. The molecular formula is C8H16N2O2. The number of carbonyl (C=O) groups is 1. The van der Waals surface area contributed by atoms with E-state index in [9.17, 15) is 4.79 Å². The van der Waals surface area contributed by atoms with E-state index in [0.717, 1.165) is 12.8 Å². The summed E-state index contributed by atoms with van der Waals surface area (Å²) in [6, 6.07) is -0.716. The van der Waals surface area contributed by atoms with Crippen LogP contribution >= 0.6 is 0 Å². The van der Waals surface area contributed by atoms with E-state index in [0.29, 0.717) is 13.0 Å². The first-order chi connectivity index (χ1) is 5.68. The van der Waals surface area contributed by atoms with Gasteiger partial charge in [0.2, 0.25) is 0 Å². The molecule has 0 spiro atoms. The fraction of sp³-hybridized carbons (Fsp3) is 0.625. The van der Waals surface area contributed by atoms with Gasteiger partial charge in [-0.2, -0.15) is 0 Å². The van der Waals surface area contributed by atoms with E-state index >= 15 is 0 Å². The Kier molecular flexibility index (Phi) is 11.2. The third-order valence-electron chi connectivity index (χ3n) is 1.29. The number of carboxylic acids is 1. The maximum atomic E-state index is 10.1. The Balaban J connectivity index is 0. The highest BCUT2D eigenvalue weighted by Crippen LogP contribution is 1.96. The van der Waals surface area contributed by atoms with Crippen LogP contribution in [0.25, 0.3) is 0 Å². The number of nitrogens with two attached hydrogens (primary N) is 2. The van der Waals surface area contributed by atoms with Crippen LogP contribution in [-0.2, 0) is 4.79 Å². The second kappa shape index (κ2) is 9.95. The van der Waals surface area contributed by atoms with Crippen LogP contribution in [0.4, 0.5) is 0 Å². The summed E-state index contributed by atoms with van der Waals surface area (Å²) in [4.78, 5) is 10.1. The highest BCUT2D eigenvalue weighted by atomic mass is 16.4. The smallest absolute Gasteiger partial charge is 0.320 e. The van der Waals surface area contributed by atoms with E-state index in [-0.39, 0.29) is 0 Å². The first-order valence-electron chi connectivity index (χ1n) is 3.70. The first-order valence-corrected chi connectivity index (χ1v) is 3.70. The molecule has 0 aromatic carbocycles. The zero-order valence-corrected chi connectivity index (χ0v) is 7.07. The van der Waals surface area contributed by atoms with Gasteiger partial charge in [0.25, 0.3) is 0 Å². The van der Waals surface area contributed by atoms with Gasteiger partial charge in [-0.1, -0.05) is 6.42 Å². The van der Waals surface area contributed by atoms with E-state index in [1.807, 2.05) is 0 Å². The first kappa shape index (κ1) is 13.5. The van der Waals surface area contributed by atoms with Gasteiger partial charge in [-0.05, 0) is 19.4 Å². The third kappa shape index (κ3) is 8.95. The highest BCUT2D eigenvalue weighted by molar-refractivity contribution is 5.72. The average Bonchev–Trinajstić information content (AvgIpc) is 2.08. The van der Waals surface area contributed by atoms with Crippen LogP contribution in [0.15, 0.2) is 0 Å². The summed E-state index contributed by atoms with van der Waals surface area (Å²) in [7, 11) is 0. The minimum Gasteiger partial charge on any atom is -0.480 e. The minimum absolute atomic E-state index is 0.520. The Morgan fingerprint density at radius 2 is 1.92 bits per heavy atom. The topological polar surface area (TPSA) is 89.3 Å². The second-order valence-electron chi connectivity index (χ2n) is 2.23. The molecule has 0 aliphatic rings. The van der Waals surface area contributed by atoms with Crippen molar-refractivity contribution in [1.82, 2.24) is 0 Å². The fourth-order valence-corrected chi connectivity index (χ4v) is 0.632. The fourth-order valence-electron chi connectivity index (χ4n) is 0.632. The lowest BCUT2D eigenvalue weighted by Gasteiger charge is -2.03. The van der Waals surface area contributed by atoms with Crippen molar-refractivity contribution >= 4 is 5.97 Å². The highest BCUT2D eigenvalue weighted by Gasteiger charge is 2.09. The molecule has 0 saturated heterocycles. The Hall–Kier alpha value is -1.05. The minimum atomic E-state index is -0.933. The Labute approximate surface area is 72.9 Å². The number of unbranched alkanes of at least 4 members (excludes halogenated alkanes) is 1. The molecule has 4 nitrogen and oxygen atoms in total. The number of carboxylic acid groups (broad SMARTS) is 1. The van der Waals surface area contributed by atoms with Crippen molar-refractivity contribution in [2.75, 3.05) is 6.54 Å². The van der Waals surface area contributed by atoms with Crippen LogP contribution in [-0.4, -0.2) is 23.7 Å². The molecule has 0 aromatic rings. The van der Waals surface area contributed by atoms with Crippen LogP contribution < -0.4 is 11.5 Å². The van der Waals surface area contributed by atoms with Gasteiger partial charge in [0.05, 0.1) is 0 Å². The summed E-state index contributed by atoms with van der Waals surface area (Å²) in [6.07, 6.45) is 10.2. The molecule has 0 bridgehead atoms. The zero-order valence-electron chi connectivity index (χ0n) is 7.07. The molecule has 0 aliphatic carbocycles. The molecule has 70 valence electrons. The van der Waals surface area contributed by atoms with E-state index in [2.05, 4.69) is 12.8 Å². The van der Waals surface area contributed by atoms with Gasteiger partial charge in [0.15, 0.2) is 0 Å². The van der Waals surface area contributed by atoms with Crippen molar-refractivity contribution in [3.63, 3.8) is 0 Å². The summed E-state index contributed by atoms with van der Waals surface area (Å²) >= 11 is 0. The zero-order chi connectivity index (χ0) is 9.98. The molecule has 0 amide bonds. The quantitative estimate of drug-likeness (QED) is 0.395. The lowest BCUT2D eigenvalue weighted by Crippen LogP contribution is -2.29. The van der Waals surface area contributed by atoms with Crippen molar-refractivity contribution in [3.05, 3.63) is 0 Å². The maximum absolute atomic E-state index is 10.1. The predicted molar refractivity (Wildman–Crippen MR) is 48.4 cm³/mol. The average molecular weight is 172 g/mol. The van der Waals surface area contributed by atoms with Crippen LogP contribution in [0, 0.1) is 12.8 Å². The number of rotatable bonds is 5. The Morgan fingerprint density at radius 3 is 2.25 bits per heavy atom. The molecule has 4 heteroatoms.